The number of anilines is 2. The van der Waals surface area contributed by atoms with Gasteiger partial charge in [-0.25, -0.2) is 9.68 Å². The van der Waals surface area contributed by atoms with Gasteiger partial charge in [-0.2, -0.15) is 28.9 Å². The summed E-state index contributed by atoms with van der Waals surface area (Å²) < 4.78 is 44.1. The van der Waals surface area contributed by atoms with Crippen LogP contribution in [0.1, 0.15) is 0 Å². The second kappa shape index (κ2) is 16.4. The summed E-state index contributed by atoms with van der Waals surface area (Å²) in [6.45, 7) is 0. The molecule has 0 aromatic heterocycles. The average Bonchev–Trinajstić information content (AvgIpc) is 3.07. The summed E-state index contributed by atoms with van der Waals surface area (Å²) in [7, 11) is 1.43. The van der Waals surface area contributed by atoms with E-state index in [1.54, 1.807) is 66.7 Å². The first-order valence-corrected chi connectivity index (χ1v) is 15.2. The molecule has 240 valence electrons. The Morgan fingerprint density at radius 1 is 0.674 bits per heavy atom. The zero-order valence-corrected chi connectivity index (χ0v) is 26.5. The zero-order chi connectivity index (χ0) is 32.9. The van der Waals surface area contributed by atoms with Gasteiger partial charge in [0.05, 0.1) is 79.5 Å². The molecule has 0 unspecified atom stereocenters. The monoisotopic (exact) mass is 668 g/mol. The number of carbonyl (C=O) groups excluding carboxylic acids is 1. The molecule has 17 heteroatoms. The Bertz CT molecular complexity index is 1840. The molecule has 0 aliphatic rings. The Balaban J connectivity index is 1.41. The van der Waals surface area contributed by atoms with Gasteiger partial charge in [0, 0.05) is 17.0 Å². The van der Waals surface area contributed by atoms with Crippen molar-refractivity contribution >= 4 is 62.3 Å². The second-order valence-corrected chi connectivity index (χ2v) is 11.2. The fourth-order valence-electron chi connectivity index (χ4n) is 3.67. The Labute approximate surface area is 268 Å². The molecule has 4 aromatic rings. The summed E-state index contributed by atoms with van der Waals surface area (Å²) in [5.41, 5.74) is 2.49. The van der Waals surface area contributed by atoms with Crippen molar-refractivity contribution in [2.75, 3.05) is 39.1 Å². The predicted octanol–water partition coefficient (Wildman–Crippen LogP) is 8.03. The Morgan fingerprint density at radius 2 is 1.20 bits per heavy atom. The van der Waals surface area contributed by atoms with Crippen molar-refractivity contribution in [1.82, 2.24) is 0 Å². The third-order valence-electron chi connectivity index (χ3n) is 5.80. The van der Waals surface area contributed by atoms with Crippen LogP contribution in [0, 0.1) is 0 Å². The topological polar surface area (TPSA) is 180 Å². The summed E-state index contributed by atoms with van der Waals surface area (Å²) in [4.78, 5) is 17.9. The highest BCUT2D eigenvalue weighted by molar-refractivity contribution is 7.94. The molecule has 2 N–H and O–H groups in total. The molecular weight excluding hydrogens is 640 g/mol. The number of ether oxygens (including phenoxy) is 2. The third-order valence-corrected chi connectivity index (χ3v) is 7.64. The number of urea groups is 1. The van der Waals surface area contributed by atoms with Crippen LogP contribution in [0.3, 0.4) is 0 Å². The van der Waals surface area contributed by atoms with Crippen LogP contribution in [0.25, 0.3) is 0 Å². The van der Waals surface area contributed by atoms with Crippen molar-refractivity contribution in [3.63, 3.8) is 0 Å². The lowest BCUT2D eigenvalue weighted by Gasteiger charge is -2.13. The van der Waals surface area contributed by atoms with Crippen LogP contribution in [0.2, 0.25) is 0 Å². The number of azo groups is 2. The fourth-order valence-corrected chi connectivity index (χ4v) is 4.84. The maximum absolute atomic E-state index is 12.9. The van der Waals surface area contributed by atoms with E-state index >= 15 is 0 Å². The molecule has 46 heavy (non-hydrogen) atoms. The molecular formula is C29H28N6O9S2. The number of nitrogens with zero attached hydrogens (tertiary/aromatic N) is 4. The molecule has 0 saturated carbocycles. The van der Waals surface area contributed by atoms with Gasteiger partial charge in [-0.3, -0.25) is 4.18 Å². The SMILES string of the molecule is COOOSc1cccc(N=Nc2ccc(NC(=O)Nc3ccc(N=Nc4cccc(S(=O)(=O)OC)c4)cc3OC)c(OC)c2)c1. The van der Waals surface area contributed by atoms with Crippen molar-refractivity contribution in [2.45, 2.75) is 9.79 Å². The Morgan fingerprint density at radius 3 is 1.72 bits per heavy atom. The number of nitrogens with one attached hydrogen (secondary N) is 2. The summed E-state index contributed by atoms with van der Waals surface area (Å²) in [6.07, 6.45) is 0. The van der Waals surface area contributed by atoms with Gasteiger partial charge in [-0.1, -0.05) is 17.2 Å². The molecule has 0 fully saturated rings. The summed E-state index contributed by atoms with van der Waals surface area (Å²) in [5.74, 6) is 0.663. The maximum atomic E-state index is 12.9. The van der Waals surface area contributed by atoms with Gasteiger partial charge in [0.15, 0.2) is 0 Å². The molecule has 0 spiro atoms. The highest BCUT2D eigenvalue weighted by Gasteiger charge is 2.14. The minimum absolute atomic E-state index is 0.0491. The van der Waals surface area contributed by atoms with Gasteiger partial charge in [0.2, 0.25) is 0 Å². The Hall–Kier alpha value is -4.91. The first-order valence-electron chi connectivity index (χ1n) is 13.1. The second-order valence-electron chi connectivity index (χ2n) is 8.75. The van der Waals surface area contributed by atoms with Crippen molar-refractivity contribution in [3.05, 3.63) is 84.9 Å². The van der Waals surface area contributed by atoms with E-state index in [1.165, 1.54) is 39.5 Å². The fraction of sp³-hybridized carbons (Fsp3) is 0.138. The number of rotatable bonds is 14. The van der Waals surface area contributed by atoms with Crippen molar-refractivity contribution in [1.29, 1.82) is 0 Å². The van der Waals surface area contributed by atoms with Crippen LogP contribution in [0.4, 0.5) is 38.9 Å². The quantitative estimate of drug-likeness (QED) is 0.0333. The molecule has 0 atom stereocenters. The van der Waals surface area contributed by atoms with Gasteiger partial charge in [0.25, 0.3) is 10.1 Å². The van der Waals surface area contributed by atoms with Gasteiger partial charge in [-0.05, 0) is 60.7 Å². The lowest BCUT2D eigenvalue weighted by molar-refractivity contribution is -0.447. The number of benzene rings is 4. The van der Waals surface area contributed by atoms with Crippen molar-refractivity contribution in [3.8, 4) is 11.5 Å². The average molecular weight is 669 g/mol. The number of methoxy groups -OCH3 is 2. The smallest absolute Gasteiger partial charge is 0.323 e. The van der Waals surface area contributed by atoms with Crippen molar-refractivity contribution < 1.29 is 41.1 Å². The predicted molar refractivity (Wildman–Crippen MR) is 169 cm³/mol. The van der Waals surface area contributed by atoms with Crippen molar-refractivity contribution in [2.24, 2.45) is 20.5 Å². The molecule has 4 aromatic carbocycles. The Kier molecular flexibility index (Phi) is 12.1. The van der Waals surface area contributed by atoms with Gasteiger partial charge in [0.1, 0.15) is 11.5 Å². The zero-order valence-electron chi connectivity index (χ0n) is 24.9. The molecule has 0 bridgehead atoms. The van der Waals surface area contributed by atoms with E-state index in [9.17, 15) is 13.2 Å². The molecule has 0 aliphatic heterocycles. The highest BCUT2D eigenvalue weighted by Crippen LogP contribution is 2.33. The molecule has 4 rings (SSSR count). The summed E-state index contributed by atoms with van der Waals surface area (Å²) >= 11 is 0.949. The van der Waals surface area contributed by atoms with Gasteiger partial charge in [-0.15, -0.1) is 4.33 Å². The normalized spacial score (nSPS) is 11.6. The lowest BCUT2D eigenvalue weighted by atomic mass is 10.2. The molecule has 15 nitrogen and oxygen atoms in total. The molecule has 0 radical (unpaired) electrons. The van der Waals surface area contributed by atoms with Crippen LogP contribution in [-0.2, 0) is 28.6 Å². The first kappa shape index (κ1) is 34.0. The highest BCUT2D eigenvalue weighted by atomic mass is 32.2. The number of amides is 2. The first-order chi connectivity index (χ1) is 22.2. The molecule has 0 saturated heterocycles. The van der Waals surface area contributed by atoms with E-state index in [-0.39, 0.29) is 4.90 Å². The summed E-state index contributed by atoms with van der Waals surface area (Å²) in [5, 5.41) is 26.5. The van der Waals surface area contributed by atoms with E-state index < -0.39 is 16.1 Å². The number of hydrogen-bond donors (Lipinski definition) is 2. The van der Waals surface area contributed by atoms with Crippen LogP contribution in [0.15, 0.2) is 115 Å². The molecule has 2 amide bonds. The largest absolute Gasteiger partial charge is 0.494 e. The van der Waals surface area contributed by atoms with Crippen LogP contribution in [-0.4, -0.2) is 42.9 Å². The van der Waals surface area contributed by atoms with Gasteiger partial charge >= 0.3 is 6.03 Å². The minimum atomic E-state index is -3.87. The van der Waals surface area contributed by atoms with Crippen LogP contribution >= 0.6 is 12.0 Å². The third kappa shape index (κ3) is 9.54. The van der Waals surface area contributed by atoms with E-state index in [0.717, 1.165) is 24.0 Å². The molecule has 0 aliphatic carbocycles. The number of hydrogen-bond acceptors (Lipinski definition) is 14. The number of carbonyl (C=O) groups is 1. The van der Waals surface area contributed by atoms with E-state index in [4.69, 9.17) is 13.8 Å². The lowest BCUT2D eigenvalue weighted by Crippen LogP contribution is -2.20. The van der Waals surface area contributed by atoms with Crippen LogP contribution in [0.5, 0.6) is 11.5 Å². The summed E-state index contributed by atoms with van der Waals surface area (Å²) in [6, 6.07) is 22.0. The molecule has 0 heterocycles. The standard InChI is InChI=1S/C29H28N6O9S2/c1-39-27-17-21(34-32-19-7-5-9-23(15-19)45-44-43-41-3)11-13-25(27)30-29(36)31-26-14-12-22(18-28(26)40-2)35-33-20-8-6-10-24(16-20)46(37,38)42-4/h5-18H,1-4H3,(H2,30,31,36). The minimum Gasteiger partial charge on any atom is -0.494 e. The van der Waals surface area contributed by atoms with Gasteiger partial charge < -0.3 is 20.1 Å². The maximum Gasteiger partial charge on any atom is 0.323 e. The van der Waals surface area contributed by atoms with Crippen LogP contribution < -0.4 is 20.1 Å². The van der Waals surface area contributed by atoms with E-state index in [2.05, 4.69) is 45.2 Å². The van der Waals surface area contributed by atoms with E-state index in [1.807, 2.05) is 0 Å². The van der Waals surface area contributed by atoms with E-state index in [0.29, 0.717) is 45.6 Å².